The third kappa shape index (κ3) is 4.35. The van der Waals surface area contributed by atoms with Crippen LogP contribution in [0.2, 0.25) is 5.02 Å². The Kier molecular flexibility index (Phi) is 5.67. The lowest BCUT2D eigenvalue weighted by atomic mass is 9.94. The topological polar surface area (TPSA) is 55.3 Å². The molecule has 0 saturated carbocycles. The van der Waals surface area contributed by atoms with E-state index in [0.717, 1.165) is 52.1 Å². The van der Waals surface area contributed by atoms with Crippen molar-refractivity contribution in [2.45, 2.75) is 32.6 Å². The fourth-order valence-corrected chi connectivity index (χ4v) is 3.98. The van der Waals surface area contributed by atoms with Crippen molar-refractivity contribution in [3.05, 3.63) is 64.6 Å². The minimum absolute atomic E-state index is 0.00105. The summed E-state index contributed by atoms with van der Waals surface area (Å²) in [6.45, 7) is 5.31. The predicted molar refractivity (Wildman–Crippen MR) is 115 cm³/mol. The molecule has 1 saturated heterocycles. The highest BCUT2D eigenvalue weighted by Crippen LogP contribution is 2.28. The number of rotatable bonds is 4. The van der Waals surface area contributed by atoms with E-state index >= 15 is 0 Å². The number of amides is 1. The first-order chi connectivity index (χ1) is 14.0. The summed E-state index contributed by atoms with van der Waals surface area (Å²) in [5, 5.41) is 1.77. The Morgan fingerprint density at radius 1 is 1.24 bits per heavy atom. The van der Waals surface area contributed by atoms with Crippen LogP contribution in [0.3, 0.4) is 0 Å². The maximum Gasteiger partial charge on any atom is 0.260 e. The molecule has 5 nitrogen and oxygen atoms in total. The van der Waals surface area contributed by atoms with Crippen molar-refractivity contribution in [1.82, 2.24) is 14.9 Å². The molecule has 0 radical (unpaired) electrons. The van der Waals surface area contributed by atoms with Crippen LogP contribution < -0.4 is 4.74 Å². The number of likely N-dealkylation sites (tertiary alicyclic amines) is 1. The van der Waals surface area contributed by atoms with Gasteiger partial charge in [-0.25, -0.2) is 0 Å². The monoisotopic (exact) mass is 409 g/mol. The maximum atomic E-state index is 12.7. The van der Waals surface area contributed by atoms with Gasteiger partial charge in [-0.1, -0.05) is 11.6 Å². The van der Waals surface area contributed by atoms with E-state index in [0.29, 0.717) is 12.3 Å². The molecule has 4 rings (SSSR count). The van der Waals surface area contributed by atoms with Crippen LogP contribution in [0.5, 0.6) is 5.75 Å². The van der Waals surface area contributed by atoms with Gasteiger partial charge in [-0.3, -0.25) is 14.8 Å². The third-order valence-electron chi connectivity index (χ3n) is 5.47. The highest BCUT2D eigenvalue weighted by Gasteiger charge is 2.26. The Morgan fingerprint density at radius 3 is 2.83 bits per heavy atom. The molecule has 1 atom stereocenters. The summed E-state index contributed by atoms with van der Waals surface area (Å²) in [4.78, 5) is 23.7. The van der Waals surface area contributed by atoms with Crippen LogP contribution in [0.1, 0.15) is 35.6 Å². The maximum absolute atomic E-state index is 12.7. The number of benzene rings is 1. The number of halogens is 1. The Morgan fingerprint density at radius 2 is 2.03 bits per heavy atom. The minimum atomic E-state index is -0.00105. The molecule has 0 spiro atoms. The number of fused-ring (bicyclic) bond motifs is 1. The van der Waals surface area contributed by atoms with Crippen LogP contribution in [-0.4, -0.2) is 40.5 Å². The second-order valence-electron chi connectivity index (χ2n) is 7.64. The van der Waals surface area contributed by atoms with Crippen LogP contribution in [0.4, 0.5) is 0 Å². The van der Waals surface area contributed by atoms with E-state index in [2.05, 4.69) is 9.97 Å². The normalized spacial score (nSPS) is 16.8. The molecule has 0 unspecified atom stereocenters. The summed E-state index contributed by atoms with van der Waals surface area (Å²) in [5.74, 6) is 0.895. The molecule has 1 aliphatic rings. The molecule has 3 heterocycles. The summed E-state index contributed by atoms with van der Waals surface area (Å²) in [5.41, 5.74) is 3.84. The van der Waals surface area contributed by atoms with Crippen LogP contribution in [-0.2, 0) is 4.79 Å². The average molecular weight is 410 g/mol. The zero-order chi connectivity index (χ0) is 20.4. The van der Waals surface area contributed by atoms with Gasteiger partial charge in [-0.15, -0.1) is 0 Å². The number of aryl methyl sites for hydroxylation is 2. The number of piperidine rings is 1. The first-order valence-corrected chi connectivity index (χ1v) is 10.3. The molecule has 1 amide bonds. The molecule has 1 fully saturated rings. The fourth-order valence-electron chi connectivity index (χ4n) is 3.88. The van der Waals surface area contributed by atoms with Crippen molar-refractivity contribution >= 4 is 28.4 Å². The lowest BCUT2D eigenvalue weighted by Gasteiger charge is -2.32. The van der Waals surface area contributed by atoms with Crippen molar-refractivity contribution in [2.75, 3.05) is 19.7 Å². The van der Waals surface area contributed by atoms with Gasteiger partial charge in [0.2, 0.25) is 0 Å². The molecular formula is C23H24ClN3O2. The smallest absolute Gasteiger partial charge is 0.260 e. The highest BCUT2D eigenvalue weighted by atomic mass is 35.5. The fraction of sp³-hybridized carbons (Fsp3) is 0.348. The number of aromatic nitrogens is 2. The molecule has 1 aliphatic heterocycles. The van der Waals surface area contributed by atoms with Crippen molar-refractivity contribution in [1.29, 1.82) is 0 Å². The van der Waals surface area contributed by atoms with Gasteiger partial charge in [0, 0.05) is 47.5 Å². The first-order valence-electron chi connectivity index (χ1n) is 9.89. The molecule has 1 aromatic carbocycles. The van der Waals surface area contributed by atoms with Gasteiger partial charge >= 0.3 is 0 Å². The van der Waals surface area contributed by atoms with Gasteiger partial charge in [0.25, 0.3) is 5.91 Å². The van der Waals surface area contributed by atoms with Crippen LogP contribution in [0, 0.1) is 13.8 Å². The molecule has 0 N–H and O–H groups in total. The average Bonchev–Trinajstić information content (AvgIpc) is 2.75. The third-order valence-corrected chi connectivity index (χ3v) is 6.07. The van der Waals surface area contributed by atoms with Crippen molar-refractivity contribution in [3.63, 3.8) is 0 Å². The van der Waals surface area contributed by atoms with E-state index in [1.165, 1.54) is 0 Å². The van der Waals surface area contributed by atoms with Crippen LogP contribution in [0.25, 0.3) is 10.9 Å². The van der Waals surface area contributed by atoms with Crippen LogP contribution >= 0.6 is 11.6 Å². The van der Waals surface area contributed by atoms with E-state index in [1.54, 1.807) is 6.20 Å². The number of pyridine rings is 2. The number of carbonyl (C=O) groups excluding carboxylic acids is 1. The number of ether oxygens (including phenoxy) is 1. The molecule has 0 bridgehead atoms. The second-order valence-corrected chi connectivity index (χ2v) is 8.02. The Balaban J connectivity index is 1.41. The van der Waals surface area contributed by atoms with E-state index in [1.807, 2.05) is 55.3 Å². The SMILES string of the molecule is Cc1cc(OCC(=O)N2CCC[C@H](c3cc4ncccc4cn3)C2)cc(C)c1Cl. The number of hydrogen-bond donors (Lipinski definition) is 0. The molecule has 29 heavy (non-hydrogen) atoms. The van der Waals surface area contributed by atoms with Gasteiger partial charge in [0.05, 0.1) is 5.52 Å². The lowest BCUT2D eigenvalue weighted by molar-refractivity contribution is -0.134. The zero-order valence-corrected chi connectivity index (χ0v) is 17.4. The molecular weight excluding hydrogens is 386 g/mol. The molecule has 0 aliphatic carbocycles. The summed E-state index contributed by atoms with van der Waals surface area (Å²) in [6, 6.07) is 9.70. The largest absolute Gasteiger partial charge is 0.484 e. The summed E-state index contributed by atoms with van der Waals surface area (Å²) < 4.78 is 5.76. The quantitative estimate of drug-likeness (QED) is 0.627. The van der Waals surface area contributed by atoms with E-state index in [4.69, 9.17) is 16.3 Å². The van der Waals surface area contributed by atoms with E-state index in [9.17, 15) is 4.79 Å². The highest BCUT2D eigenvalue weighted by molar-refractivity contribution is 6.32. The predicted octanol–water partition coefficient (Wildman–Crippen LogP) is 4.69. The number of carbonyl (C=O) groups is 1. The van der Waals surface area contributed by atoms with Crippen molar-refractivity contribution in [3.8, 4) is 5.75 Å². The second kappa shape index (κ2) is 8.37. The number of hydrogen-bond acceptors (Lipinski definition) is 4. The number of nitrogens with zero attached hydrogens (tertiary/aromatic N) is 3. The first kappa shape index (κ1) is 19.6. The van der Waals surface area contributed by atoms with Crippen molar-refractivity contribution < 1.29 is 9.53 Å². The summed E-state index contributed by atoms with van der Waals surface area (Å²) >= 11 is 6.20. The van der Waals surface area contributed by atoms with Gasteiger partial charge in [-0.2, -0.15) is 0 Å². The molecule has 6 heteroatoms. The molecule has 2 aromatic heterocycles. The van der Waals surface area contributed by atoms with Gasteiger partial charge in [-0.05, 0) is 68.1 Å². The Labute approximate surface area is 175 Å². The van der Waals surface area contributed by atoms with E-state index < -0.39 is 0 Å². The standard InChI is InChI=1S/C23H24ClN3O2/c1-15-9-19(10-16(2)23(15)24)29-14-22(28)27-8-4-6-18(13-27)21-11-20-17(12-26-21)5-3-7-25-20/h3,5,7,9-12,18H,4,6,8,13-14H2,1-2H3/t18-/m0/s1. The molecule has 150 valence electrons. The summed E-state index contributed by atoms with van der Waals surface area (Å²) in [6.07, 6.45) is 5.64. The van der Waals surface area contributed by atoms with Crippen molar-refractivity contribution in [2.24, 2.45) is 0 Å². The van der Waals surface area contributed by atoms with Gasteiger partial charge in [0.15, 0.2) is 6.61 Å². The minimum Gasteiger partial charge on any atom is -0.484 e. The van der Waals surface area contributed by atoms with Crippen LogP contribution in [0.15, 0.2) is 42.7 Å². The Bertz CT molecular complexity index is 1030. The van der Waals surface area contributed by atoms with E-state index in [-0.39, 0.29) is 18.4 Å². The Hall–Kier alpha value is -2.66. The van der Waals surface area contributed by atoms with Gasteiger partial charge in [0.1, 0.15) is 5.75 Å². The lowest BCUT2D eigenvalue weighted by Crippen LogP contribution is -2.41. The van der Waals surface area contributed by atoms with Gasteiger partial charge < -0.3 is 9.64 Å². The zero-order valence-electron chi connectivity index (χ0n) is 16.7. The summed E-state index contributed by atoms with van der Waals surface area (Å²) in [7, 11) is 0. The molecule has 3 aromatic rings.